The molecule has 1 amide bonds. The largest absolute Gasteiger partial charge is 0.441 e. The molecule has 0 radical (unpaired) electrons. The molecule has 3 aromatic rings. The van der Waals surface area contributed by atoms with Crippen LogP contribution in [0.1, 0.15) is 17.5 Å². The molecule has 0 saturated carbocycles. The van der Waals surface area contributed by atoms with Gasteiger partial charge in [-0.15, -0.1) is 24.8 Å². The normalized spacial score (nSPS) is 11.5. The van der Waals surface area contributed by atoms with E-state index in [0.717, 1.165) is 11.1 Å². The topological polar surface area (TPSA) is 85.0 Å². The zero-order valence-corrected chi connectivity index (χ0v) is 15.1. The van der Waals surface area contributed by atoms with Crippen molar-refractivity contribution in [2.45, 2.75) is 13.0 Å². The highest BCUT2D eigenvalue weighted by Gasteiger charge is 2.20. The maximum atomic E-state index is 12.4. The molecule has 130 valence electrons. The van der Waals surface area contributed by atoms with Crippen LogP contribution in [-0.4, -0.2) is 27.7 Å². The molecule has 0 aliphatic carbocycles. The predicted molar refractivity (Wildman–Crippen MR) is 96.9 cm³/mol. The lowest BCUT2D eigenvalue weighted by Crippen LogP contribution is -2.30. The standard InChI is InChI=1S/C15H17N5O2.2ClH/c1-9-18-12-6-11(4-5-13(12)22-9)19-15(21)14(16-2)10-7-17-20(3)8-10;;/h4-8,14,16H,1-3H3,(H,19,21);2*1H. The van der Waals surface area contributed by atoms with Crippen LogP contribution in [0.4, 0.5) is 5.69 Å². The summed E-state index contributed by atoms with van der Waals surface area (Å²) in [5.41, 5.74) is 2.90. The third-order valence-electron chi connectivity index (χ3n) is 3.37. The molecule has 2 aromatic heterocycles. The number of carbonyl (C=O) groups is 1. The number of hydrogen-bond acceptors (Lipinski definition) is 5. The number of carbonyl (C=O) groups excluding carboxylic acids is 1. The molecule has 2 heterocycles. The van der Waals surface area contributed by atoms with Crippen molar-refractivity contribution < 1.29 is 9.21 Å². The van der Waals surface area contributed by atoms with E-state index in [9.17, 15) is 4.79 Å². The average Bonchev–Trinajstić information content (AvgIpc) is 3.04. The van der Waals surface area contributed by atoms with Gasteiger partial charge < -0.3 is 15.1 Å². The molecule has 0 fully saturated rings. The first-order chi connectivity index (χ1) is 10.6. The molecular formula is C15H19Cl2N5O2. The maximum Gasteiger partial charge on any atom is 0.246 e. The Morgan fingerprint density at radius 3 is 2.71 bits per heavy atom. The van der Waals surface area contributed by atoms with Crippen molar-refractivity contribution in [2.75, 3.05) is 12.4 Å². The molecule has 7 nitrogen and oxygen atoms in total. The number of aromatic nitrogens is 3. The first-order valence-corrected chi connectivity index (χ1v) is 6.90. The second-order valence-electron chi connectivity index (χ2n) is 5.07. The van der Waals surface area contributed by atoms with Crippen LogP contribution < -0.4 is 10.6 Å². The molecule has 9 heteroatoms. The highest BCUT2D eigenvalue weighted by Crippen LogP contribution is 2.21. The molecule has 1 atom stereocenters. The fraction of sp³-hybridized carbons (Fsp3) is 0.267. The molecular weight excluding hydrogens is 353 g/mol. The zero-order chi connectivity index (χ0) is 15.7. The molecule has 1 aromatic carbocycles. The third-order valence-corrected chi connectivity index (χ3v) is 3.37. The quantitative estimate of drug-likeness (QED) is 0.736. The summed E-state index contributed by atoms with van der Waals surface area (Å²) in [5, 5.41) is 9.97. The van der Waals surface area contributed by atoms with Crippen LogP contribution >= 0.6 is 24.8 Å². The van der Waals surface area contributed by atoms with Gasteiger partial charge in [0.25, 0.3) is 0 Å². The highest BCUT2D eigenvalue weighted by molar-refractivity contribution is 5.96. The van der Waals surface area contributed by atoms with Crippen LogP contribution in [0.3, 0.4) is 0 Å². The molecule has 24 heavy (non-hydrogen) atoms. The van der Waals surface area contributed by atoms with Gasteiger partial charge in [0.05, 0.1) is 6.20 Å². The summed E-state index contributed by atoms with van der Waals surface area (Å²) in [6.45, 7) is 1.79. The van der Waals surface area contributed by atoms with E-state index < -0.39 is 6.04 Å². The number of rotatable bonds is 4. The molecule has 0 aliphatic heterocycles. The Kier molecular flexibility index (Phi) is 6.77. The number of nitrogens with zero attached hydrogens (tertiary/aromatic N) is 3. The summed E-state index contributed by atoms with van der Waals surface area (Å²) in [6, 6.07) is 4.91. The van der Waals surface area contributed by atoms with E-state index in [1.807, 2.05) is 13.2 Å². The lowest BCUT2D eigenvalue weighted by atomic mass is 10.1. The number of aryl methyl sites for hydroxylation is 2. The second-order valence-corrected chi connectivity index (χ2v) is 5.07. The van der Waals surface area contributed by atoms with Gasteiger partial charge in [0.2, 0.25) is 5.91 Å². The summed E-state index contributed by atoms with van der Waals surface area (Å²) in [6.07, 6.45) is 3.48. The van der Waals surface area contributed by atoms with Gasteiger partial charge in [0.15, 0.2) is 11.5 Å². The smallest absolute Gasteiger partial charge is 0.246 e. The monoisotopic (exact) mass is 371 g/mol. The van der Waals surface area contributed by atoms with Crippen molar-refractivity contribution in [3.63, 3.8) is 0 Å². The van der Waals surface area contributed by atoms with E-state index in [-0.39, 0.29) is 30.7 Å². The number of amides is 1. The Morgan fingerprint density at radius 1 is 1.33 bits per heavy atom. The molecule has 3 rings (SSSR count). The number of oxazole rings is 1. The van der Waals surface area contributed by atoms with Gasteiger partial charge in [0, 0.05) is 31.4 Å². The number of likely N-dealkylation sites (N-methyl/N-ethyl adjacent to an activating group) is 1. The van der Waals surface area contributed by atoms with E-state index in [0.29, 0.717) is 17.2 Å². The van der Waals surface area contributed by atoms with Crippen LogP contribution in [0.25, 0.3) is 11.1 Å². The minimum absolute atomic E-state index is 0. The third kappa shape index (κ3) is 4.05. The lowest BCUT2D eigenvalue weighted by Gasteiger charge is -2.14. The number of benzene rings is 1. The minimum atomic E-state index is -0.469. The van der Waals surface area contributed by atoms with Crippen LogP contribution in [-0.2, 0) is 11.8 Å². The summed E-state index contributed by atoms with van der Waals surface area (Å²) in [4.78, 5) is 16.7. The van der Waals surface area contributed by atoms with Crippen LogP contribution in [0.2, 0.25) is 0 Å². The molecule has 0 saturated heterocycles. The van der Waals surface area contributed by atoms with Crippen molar-refractivity contribution in [2.24, 2.45) is 7.05 Å². The molecule has 1 unspecified atom stereocenters. The van der Waals surface area contributed by atoms with Gasteiger partial charge in [-0.05, 0) is 25.2 Å². The van der Waals surface area contributed by atoms with E-state index in [2.05, 4.69) is 20.7 Å². The van der Waals surface area contributed by atoms with Gasteiger partial charge in [-0.25, -0.2) is 4.98 Å². The first-order valence-electron chi connectivity index (χ1n) is 6.90. The van der Waals surface area contributed by atoms with Crippen LogP contribution in [0, 0.1) is 6.92 Å². The summed E-state index contributed by atoms with van der Waals surface area (Å²) >= 11 is 0. The Hall–Kier alpha value is -2.09. The van der Waals surface area contributed by atoms with Crippen LogP contribution in [0.15, 0.2) is 35.0 Å². The molecule has 0 spiro atoms. The first kappa shape index (κ1) is 20.0. The SMILES string of the molecule is CNC(C(=O)Nc1ccc2oc(C)nc2c1)c1cnn(C)c1.Cl.Cl. The Morgan fingerprint density at radius 2 is 2.08 bits per heavy atom. The van der Waals surface area contributed by atoms with Crippen molar-refractivity contribution in [1.29, 1.82) is 0 Å². The van der Waals surface area contributed by atoms with E-state index in [1.54, 1.807) is 43.0 Å². The summed E-state index contributed by atoms with van der Waals surface area (Å²) in [7, 11) is 3.55. The fourth-order valence-corrected chi connectivity index (χ4v) is 2.37. The number of hydrogen-bond donors (Lipinski definition) is 2. The Bertz CT molecular complexity index is 830. The van der Waals surface area contributed by atoms with E-state index >= 15 is 0 Å². The summed E-state index contributed by atoms with van der Waals surface area (Å²) in [5.74, 6) is 0.442. The maximum absolute atomic E-state index is 12.4. The molecule has 2 N–H and O–H groups in total. The lowest BCUT2D eigenvalue weighted by molar-refractivity contribution is -0.118. The predicted octanol–water partition coefficient (Wildman–Crippen LogP) is 2.61. The van der Waals surface area contributed by atoms with E-state index in [4.69, 9.17) is 4.42 Å². The van der Waals surface area contributed by atoms with Crippen molar-refractivity contribution in [3.8, 4) is 0 Å². The Labute approximate surface area is 151 Å². The van der Waals surface area contributed by atoms with Gasteiger partial charge in [-0.3, -0.25) is 9.48 Å². The van der Waals surface area contributed by atoms with E-state index in [1.165, 1.54) is 0 Å². The van der Waals surface area contributed by atoms with Gasteiger partial charge in [0.1, 0.15) is 11.6 Å². The van der Waals surface area contributed by atoms with Gasteiger partial charge in [-0.2, -0.15) is 5.10 Å². The molecule has 0 bridgehead atoms. The van der Waals surface area contributed by atoms with Crippen molar-refractivity contribution >= 4 is 47.5 Å². The highest BCUT2D eigenvalue weighted by atomic mass is 35.5. The van der Waals surface area contributed by atoms with Crippen molar-refractivity contribution in [1.82, 2.24) is 20.1 Å². The number of nitrogens with one attached hydrogen (secondary N) is 2. The second kappa shape index (κ2) is 8.14. The number of halogens is 2. The van der Waals surface area contributed by atoms with Gasteiger partial charge in [-0.1, -0.05) is 0 Å². The minimum Gasteiger partial charge on any atom is -0.441 e. The number of fused-ring (bicyclic) bond motifs is 1. The number of anilines is 1. The average molecular weight is 372 g/mol. The zero-order valence-electron chi connectivity index (χ0n) is 13.4. The van der Waals surface area contributed by atoms with Crippen molar-refractivity contribution in [3.05, 3.63) is 42.0 Å². The van der Waals surface area contributed by atoms with Gasteiger partial charge >= 0.3 is 0 Å². The van der Waals surface area contributed by atoms with Crippen LogP contribution in [0.5, 0.6) is 0 Å². The molecule has 0 aliphatic rings. The fourth-order valence-electron chi connectivity index (χ4n) is 2.37. The summed E-state index contributed by atoms with van der Waals surface area (Å²) < 4.78 is 7.09. The Balaban J connectivity index is 0.00000144.